The average molecular weight is 558 g/mol. The van der Waals surface area contributed by atoms with E-state index in [1.54, 1.807) is 0 Å². The Balaban J connectivity index is 1.59. The van der Waals surface area contributed by atoms with E-state index in [-0.39, 0.29) is 18.2 Å². The highest BCUT2D eigenvalue weighted by atomic mass is 79.9. The van der Waals surface area contributed by atoms with Gasteiger partial charge in [-0.15, -0.1) is 0 Å². The molecule has 0 amide bonds. The fourth-order valence-electron chi connectivity index (χ4n) is 3.38. The number of likely N-dealkylation sites (N-methyl/N-ethyl adjacent to an activating group) is 1. The Morgan fingerprint density at radius 1 is 1.21 bits per heavy atom. The van der Waals surface area contributed by atoms with Crippen LogP contribution in [0.4, 0.5) is 24.7 Å². The van der Waals surface area contributed by atoms with Crippen molar-refractivity contribution >= 4 is 37.5 Å². The minimum absolute atomic E-state index is 0.0400. The summed E-state index contributed by atoms with van der Waals surface area (Å²) in [5, 5.41) is 0. The lowest BCUT2D eigenvalue weighted by atomic mass is 10.1. The van der Waals surface area contributed by atoms with Crippen molar-refractivity contribution in [3.63, 3.8) is 0 Å². The minimum Gasteiger partial charge on any atom is -0.490 e. The molecular weight excluding hydrogens is 539 g/mol. The van der Waals surface area contributed by atoms with E-state index in [4.69, 9.17) is 9.47 Å². The molecule has 0 spiro atoms. The Hall–Kier alpha value is -2.99. The first kappa shape index (κ1) is 24.1. The zero-order valence-electron chi connectivity index (χ0n) is 17.8. The average Bonchev–Trinajstić information content (AvgIpc) is 2.78. The van der Waals surface area contributed by atoms with Crippen LogP contribution in [-0.4, -0.2) is 33.6 Å². The van der Waals surface area contributed by atoms with Crippen LogP contribution < -0.4 is 19.1 Å². The van der Waals surface area contributed by atoms with Crippen molar-refractivity contribution in [2.24, 2.45) is 0 Å². The molecule has 180 valence electrons. The summed E-state index contributed by atoms with van der Waals surface area (Å²) in [6, 6.07) is 11.0. The van der Waals surface area contributed by atoms with Crippen LogP contribution in [0.1, 0.15) is 11.1 Å². The molecule has 34 heavy (non-hydrogen) atoms. The third-order valence-corrected chi connectivity index (χ3v) is 6.88. The minimum atomic E-state index is -4.85. The van der Waals surface area contributed by atoms with Crippen LogP contribution in [0.2, 0.25) is 0 Å². The van der Waals surface area contributed by atoms with Crippen molar-refractivity contribution in [3.05, 3.63) is 70.3 Å². The summed E-state index contributed by atoms with van der Waals surface area (Å²) >= 11 is 3.25. The predicted octanol–water partition coefficient (Wildman–Crippen LogP) is 5.07. The second-order valence-electron chi connectivity index (χ2n) is 7.46. The molecule has 1 aliphatic heterocycles. The normalized spacial score (nSPS) is 13.7. The third-order valence-electron chi connectivity index (χ3n) is 5.05. The van der Waals surface area contributed by atoms with E-state index in [0.29, 0.717) is 22.9 Å². The van der Waals surface area contributed by atoms with E-state index in [1.807, 2.05) is 25.2 Å². The second-order valence-corrected chi connectivity index (χ2v) is 10.0. The number of hydrogen-bond acceptors (Lipinski definition) is 6. The van der Waals surface area contributed by atoms with Crippen LogP contribution in [0, 0.1) is 0 Å². The molecule has 1 N–H and O–H groups in total. The maximum absolute atomic E-state index is 13.4. The Morgan fingerprint density at radius 3 is 2.74 bits per heavy atom. The lowest BCUT2D eigenvalue weighted by Gasteiger charge is -2.28. The molecule has 12 heteroatoms. The highest BCUT2D eigenvalue weighted by Gasteiger charge is 2.37. The molecule has 0 bridgehead atoms. The van der Waals surface area contributed by atoms with Gasteiger partial charge in [-0.25, -0.2) is 13.4 Å². The molecule has 0 saturated heterocycles. The topological polar surface area (TPSA) is 80.8 Å². The standard InChI is InChI=1S/C22H19BrF3N3O4S/c1-29-8-9-32-18-10-14(6-7-17(18)29)13-33-19-11-15(23)12-27-21(19)28-34(30,31)20-5-3-2-4-16(20)22(24,25)26/h2-7,10-12H,8-9,13H2,1H3,(H,27,28). The highest BCUT2D eigenvalue weighted by molar-refractivity contribution is 9.10. The summed E-state index contributed by atoms with van der Waals surface area (Å²) in [5.41, 5.74) is 0.419. The number of anilines is 2. The number of pyridine rings is 1. The number of nitrogens with zero attached hydrogens (tertiary/aromatic N) is 2. The van der Waals surface area contributed by atoms with Crippen LogP contribution in [0.3, 0.4) is 0 Å². The van der Waals surface area contributed by atoms with Crippen LogP contribution in [0.5, 0.6) is 11.5 Å². The molecule has 1 aromatic heterocycles. The van der Waals surface area contributed by atoms with Crippen LogP contribution in [0.25, 0.3) is 0 Å². The van der Waals surface area contributed by atoms with Gasteiger partial charge in [0.15, 0.2) is 11.6 Å². The van der Waals surface area contributed by atoms with Crippen molar-refractivity contribution in [2.45, 2.75) is 17.7 Å². The van der Waals surface area contributed by atoms with Gasteiger partial charge in [-0.2, -0.15) is 13.2 Å². The molecule has 0 atom stereocenters. The van der Waals surface area contributed by atoms with Crippen molar-refractivity contribution in [1.29, 1.82) is 0 Å². The van der Waals surface area contributed by atoms with E-state index in [2.05, 4.69) is 30.5 Å². The maximum Gasteiger partial charge on any atom is 0.417 e. The van der Waals surface area contributed by atoms with Gasteiger partial charge in [0.25, 0.3) is 10.0 Å². The van der Waals surface area contributed by atoms with Gasteiger partial charge in [0, 0.05) is 17.7 Å². The molecule has 2 aromatic carbocycles. The SMILES string of the molecule is CN1CCOc2cc(COc3cc(Br)cnc3NS(=O)(=O)c3ccccc3C(F)(F)F)ccc21. The molecular formula is C22H19BrF3N3O4S. The van der Waals surface area contributed by atoms with Crippen molar-refractivity contribution in [2.75, 3.05) is 29.8 Å². The number of rotatable bonds is 6. The van der Waals surface area contributed by atoms with Gasteiger partial charge < -0.3 is 14.4 Å². The number of alkyl halides is 3. The lowest BCUT2D eigenvalue weighted by molar-refractivity contribution is -0.139. The zero-order valence-corrected chi connectivity index (χ0v) is 20.2. The summed E-state index contributed by atoms with van der Waals surface area (Å²) in [7, 11) is -2.66. The Labute approximate surface area is 202 Å². The molecule has 0 radical (unpaired) electrons. The van der Waals surface area contributed by atoms with Gasteiger partial charge in [0.2, 0.25) is 0 Å². The highest BCUT2D eigenvalue weighted by Crippen LogP contribution is 2.36. The summed E-state index contributed by atoms with van der Waals surface area (Å²) in [4.78, 5) is 5.15. The Morgan fingerprint density at radius 2 is 1.97 bits per heavy atom. The van der Waals surface area contributed by atoms with E-state index in [0.717, 1.165) is 29.9 Å². The van der Waals surface area contributed by atoms with Crippen LogP contribution in [-0.2, 0) is 22.8 Å². The molecule has 0 aliphatic carbocycles. The number of ether oxygens (including phenoxy) is 2. The predicted molar refractivity (Wildman–Crippen MR) is 124 cm³/mol. The lowest BCUT2D eigenvalue weighted by Crippen LogP contribution is -2.28. The van der Waals surface area contributed by atoms with Gasteiger partial charge in [-0.1, -0.05) is 18.2 Å². The summed E-state index contributed by atoms with van der Waals surface area (Å²) in [5.74, 6) is 0.499. The van der Waals surface area contributed by atoms with E-state index in [9.17, 15) is 21.6 Å². The third kappa shape index (κ3) is 5.22. The van der Waals surface area contributed by atoms with Gasteiger partial charge >= 0.3 is 6.18 Å². The first-order chi connectivity index (χ1) is 16.0. The fraction of sp³-hybridized carbons (Fsp3) is 0.227. The molecule has 7 nitrogen and oxygen atoms in total. The van der Waals surface area contributed by atoms with E-state index in [1.165, 1.54) is 18.3 Å². The molecule has 0 fully saturated rings. The zero-order chi connectivity index (χ0) is 24.5. The summed E-state index contributed by atoms with van der Waals surface area (Å²) in [6.07, 6.45) is -3.54. The number of halogens is 4. The number of hydrogen-bond donors (Lipinski definition) is 1. The molecule has 4 rings (SSSR count). The maximum atomic E-state index is 13.4. The van der Waals surface area contributed by atoms with Crippen LogP contribution in [0.15, 0.2) is 64.1 Å². The van der Waals surface area contributed by atoms with Gasteiger partial charge in [-0.3, -0.25) is 4.72 Å². The number of nitrogens with one attached hydrogen (secondary N) is 1. The second kappa shape index (κ2) is 9.34. The van der Waals surface area contributed by atoms with Gasteiger partial charge in [-0.05, 0) is 51.8 Å². The van der Waals surface area contributed by atoms with E-state index < -0.39 is 26.7 Å². The van der Waals surface area contributed by atoms with Crippen LogP contribution >= 0.6 is 15.9 Å². The quantitative estimate of drug-likeness (QED) is 0.455. The number of sulfonamides is 1. The van der Waals surface area contributed by atoms with Gasteiger partial charge in [0.05, 0.1) is 22.7 Å². The van der Waals surface area contributed by atoms with Crippen molar-refractivity contribution in [1.82, 2.24) is 4.98 Å². The van der Waals surface area contributed by atoms with Crippen molar-refractivity contribution < 1.29 is 31.1 Å². The molecule has 3 aromatic rings. The number of fused-ring (bicyclic) bond motifs is 1. The first-order valence-corrected chi connectivity index (χ1v) is 12.3. The first-order valence-electron chi connectivity index (χ1n) is 9.99. The Kier molecular flexibility index (Phi) is 6.63. The molecule has 0 unspecified atom stereocenters. The fourth-order valence-corrected chi connectivity index (χ4v) is 4.94. The monoisotopic (exact) mass is 557 g/mol. The van der Waals surface area contributed by atoms with E-state index >= 15 is 0 Å². The number of benzene rings is 2. The van der Waals surface area contributed by atoms with Crippen molar-refractivity contribution in [3.8, 4) is 11.5 Å². The summed E-state index contributed by atoms with van der Waals surface area (Å²) in [6.45, 7) is 1.37. The Bertz CT molecular complexity index is 1320. The molecule has 1 aliphatic rings. The smallest absolute Gasteiger partial charge is 0.417 e. The largest absolute Gasteiger partial charge is 0.490 e. The summed E-state index contributed by atoms with van der Waals surface area (Å²) < 4.78 is 79.8. The molecule has 0 saturated carbocycles. The number of aromatic nitrogens is 1. The van der Waals surface area contributed by atoms with Gasteiger partial charge in [0.1, 0.15) is 19.0 Å². The molecule has 2 heterocycles.